The van der Waals surface area contributed by atoms with Gasteiger partial charge in [-0.25, -0.2) is 0 Å². The molecule has 0 aliphatic rings. The van der Waals surface area contributed by atoms with Crippen LogP contribution in [-0.4, -0.2) is 10.9 Å². The van der Waals surface area contributed by atoms with Gasteiger partial charge in [-0.15, -0.1) is 0 Å². The van der Waals surface area contributed by atoms with Crippen molar-refractivity contribution in [2.24, 2.45) is 0 Å². The van der Waals surface area contributed by atoms with Crippen molar-refractivity contribution in [2.75, 3.05) is 5.32 Å². The highest BCUT2D eigenvalue weighted by molar-refractivity contribution is 6.31. The van der Waals surface area contributed by atoms with Crippen LogP contribution < -0.4 is 5.32 Å². The lowest BCUT2D eigenvalue weighted by Crippen LogP contribution is -2.11. The molecule has 1 heterocycles. The van der Waals surface area contributed by atoms with E-state index in [4.69, 9.17) is 11.6 Å². The number of pyridine rings is 1. The summed E-state index contributed by atoms with van der Waals surface area (Å²) in [7, 11) is 0. The Morgan fingerprint density at radius 2 is 1.94 bits per heavy atom. The molecule has 1 amide bonds. The summed E-state index contributed by atoms with van der Waals surface area (Å²) in [5.41, 5.74) is 2.20. The molecule has 0 atom stereocenters. The number of rotatable bonds is 2. The third kappa shape index (κ3) is 2.82. The summed E-state index contributed by atoms with van der Waals surface area (Å²) in [4.78, 5) is 15.8. The van der Waals surface area contributed by atoms with Gasteiger partial charge in [0, 0.05) is 28.7 Å². The van der Waals surface area contributed by atoms with Crippen molar-refractivity contribution < 1.29 is 4.79 Å². The maximum absolute atomic E-state index is 11.9. The normalized spacial score (nSPS) is 10.0. The minimum absolute atomic E-state index is 0.182. The van der Waals surface area contributed by atoms with Crippen LogP contribution in [-0.2, 0) is 0 Å². The average Bonchev–Trinajstić information content (AvgIpc) is 2.34. The molecule has 0 unspecified atom stereocenters. The molecule has 1 aromatic heterocycles. The Bertz CT molecular complexity index is 540. The first-order chi connectivity index (χ1) is 8.16. The van der Waals surface area contributed by atoms with Crippen molar-refractivity contribution in [3.05, 3.63) is 58.9 Å². The van der Waals surface area contributed by atoms with Crippen LogP contribution in [0, 0.1) is 6.92 Å². The molecule has 0 saturated carbocycles. The number of halogens is 1. The zero-order valence-electron chi connectivity index (χ0n) is 9.27. The lowest BCUT2D eigenvalue weighted by atomic mass is 10.1. The SMILES string of the molecule is Cc1ccc(C(=O)Nc2ccncc2)cc1Cl. The van der Waals surface area contributed by atoms with Crippen molar-refractivity contribution in [3.8, 4) is 0 Å². The van der Waals surface area contributed by atoms with Crippen molar-refractivity contribution in [1.29, 1.82) is 0 Å². The van der Waals surface area contributed by atoms with Gasteiger partial charge in [0.2, 0.25) is 0 Å². The maximum atomic E-state index is 11.9. The van der Waals surface area contributed by atoms with E-state index >= 15 is 0 Å². The fourth-order valence-corrected chi connectivity index (χ4v) is 1.55. The topological polar surface area (TPSA) is 42.0 Å². The van der Waals surface area contributed by atoms with Gasteiger partial charge < -0.3 is 5.32 Å². The van der Waals surface area contributed by atoms with Crippen LogP contribution in [0.4, 0.5) is 5.69 Å². The van der Waals surface area contributed by atoms with Crippen molar-refractivity contribution in [3.63, 3.8) is 0 Å². The van der Waals surface area contributed by atoms with Crippen molar-refractivity contribution >= 4 is 23.2 Å². The zero-order valence-corrected chi connectivity index (χ0v) is 10.0. The number of nitrogens with zero attached hydrogens (tertiary/aromatic N) is 1. The smallest absolute Gasteiger partial charge is 0.255 e. The summed E-state index contributed by atoms with van der Waals surface area (Å²) in [5.74, 6) is -0.182. The molecule has 2 rings (SSSR count). The Morgan fingerprint density at radius 1 is 1.24 bits per heavy atom. The summed E-state index contributed by atoms with van der Waals surface area (Å²) in [6.07, 6.45) is 3.25. The highest BCUT2D eigenvalue weighted by atomic mass is 35.5. The van der Waals surface area contributed by atoms with Gasteiger partial charge in [-0.3, -0.25) is 9.78 Å². The first kappa shape index (κ1) is 11.6. The van der Waals surface area contributed by atoms with Gasteiger partial charge in [0.1, 0.15) is 0 Å². The number of hydrogen-bond donors (Lipinski definition) is 1. The molecular weight excluding hydrogens is 236 g/mol. The maximum Gasteiger partial charge on any atom is 0.255 e. The largest absolute Gasteiger partial charge is 0.322 e. The van der Waals surface area contributed by atoms with E-state index in [1.54, 1.807) is 36.7 Å². The highest BCUT2D eigenvalue weighted by Gasteiger charge is 2.07. The number of aromatic nitrogens is 1. The second kappa shape index (κ2) is 4.97. The predicted octanol–water partition coefficient (Wildman–Crippen LogP) is 3.30. The van der Waals surface area contributed by atoms with Crippen LogP contribution in [0.25, 0.3) is 0 Å². The van der Waals surface area contributed by atoms with E-state index in [1.807, 2.05) is 13.0 Å². The molecule has 1 N–H and O–H groups in total. The number of anilines is 1. The molecule has 0 bridgehead atoms. The van der Waals surface area contributed by atoms with E-state index < -0.39 is 0 Å². The van der Waals surface area contributed by atoms with Crippen LogP contribution in [0.5, 0.6) is 0 Å². The van der Waals surface area contributed by atoms with E-state index in [2.05, 4.69) is 10.3 Å². The Morgan fingerprint density at radius 3 is 2.59 bits per heavy atom. The Kier molecular flexibility index (Phi) is 3.40. The molecule has 0 saturated heterocycles. The number of benzene rings is 1. The van der Waals surface area contributed by atoms with Crippen LogP contribution in [0.2, 0.25) is 5.02 Å². The van der Waals surface area contributed by atoms with Crippen LogP contribution >= 0.6 is 11.6 Å². The summed E-state index contributed by atoms with van der Waals surface area (Å²) in [6.45, 7) is 1.90. The van der Waals surface area contributed by atoms with Gasteiger partial charge in [0.15, 0.2) is 0 Å². The zero-order chi connectivity index (χ0) is 12.3. The Hall–Kier alpha value is -1.87. The summed E-state index contributed by atoms with van der Waals surface area (Å²) < 4.78 is 0. The van der Waals surface area contributed by atoms with Gasteiger partial charge in [0.05, 0.1) is 0 Å². The van der Waals surface area contributed by atoms with Gasteiger partial charge >= 0.3 is 0 Å². The molecule has 0 aliphatic heterocycles. The molecule has 2 aromatic rings. The molecule has 86 valence electrons. The quantitative estimate of drug-likeness (QED) is 0.884. The second-order valence-corrected chi connectivity index (χ2v) is 4.06. The fourth-order valence-electron chi connectivity index (χ4n) is 1.37. The number of aryl methyl sites for hydroxylation is 1. The standard InChI is InChI=1S/C13H11ClN2O/c1-9-2-3-10(8-12(9)14)13(17)16-11-4-6-15-7-5-11/h2-8H,1H3,(H,15,16,17). The summed E-state index contributed by atoms with van der Waals surface area (Å²) >= 11 is 5.97. The van der Waals surface area contributed by atoms with Crippen LogP contribution in [0.1, 0.15) is 15.9 Å². The van der Waals surface area contributed by atoms with E-state index in [0.717, 1.165) is 5.56 Å². The summed E-state index contributed by atoms with van der Waals surface area (Å²) in [6, 6.07) is 8.69. The lowest BCUT2D eigenvalue weighted by Gasteiger charge is -2.06. The molecule has 0 radical (unpaired) electrons. The van der Waals surface area contributed by atoms with Crippen LogP contribution in [0.15, 0.2) is 42.7 Å². The van der Waals surface area contributed by atoms with Gasteiger partial charge in [0.25, 0.3) is 5.91 Å². The van der Waals surface area contributed by atoms with E-state index in [-0.39, 0.29) is 5.91 Å². The van der Waals surface area contributed by atoms with Crippen molar-refractivity contribution in [2.45, 2.75) is 6.92 Å². The minimum Gasteiger partial charge on any atom is -0.322 e. The molecule has 17 heavy (non-hydrogen) atoms. The molecule has 4 heteroatoms. The van der Waals surface area contributed by atoms with Crippen molar-refractivity contribution in [1.82, 2.24) is 4.98 Å². The lowest BCUT2D eigenvalue weighted by molar-refractivity contribution is 0.102. The fraction of sp³-hybridized carbons (Fsp3) is 0.0769. The molecule has 0 spiro atoms. The first-order valence-corrected chi connectivity index (χ1v) is 5.52. The number of hydrogen-bond acceptors (Lipinski definition) is 2. The van der Waals surface area contributed by atoms with E-state index in [9.17, 15) is 4.79 Å². The molecular formula is C13H11ClN2O. The molecule has 1 aromatic carbocycles. The highest BCUT2D eigenvalue weighted by Crippen LogP contribution is 2.17. The Balaban J connectivity index is 2.18. The van der Waals surface area contributed by atoms with Gasteiger partial charge in [-0.1, -0.05) is 17.7 Å². The molecule has 0 aliphatic carbocycles. The van der Waals surface area contributed by atoms with Gasteiger partial charge in [-0.2, -0.15) is 0 Å². The third-order valence-corrected chi connectivity index (χ3v) is 2.78. The minimum atomic E-state index is -0.182. The molecule has 3 nitrogen and oxygen atoms in total. The van der Waals surface area contributed by atoms with Gasteiger partial charge in [-0.05, 0) is 36.8 Å². The predicted molar refractivity (Wildman–Crippen MR) is 68.4 cm³/mol. The monoisotopic (exact) mass is 246 g/mol. The average molecular weight is 247 g/mol. The van der Waals surface area contributed by atoms with E-state index in [0.29, 0.717) is 16.3 Å². The number of carbonyl (C=O) groups excluding carboxylic acids is 1. The number of carbonyl (C=O) groups is 1. The number of amides is 1. The third-order valence-electron chi connectivity index (χ3n) is 2.37. The molecule has 0 fully saturated rings. The second-order valence-electron chi connectivity index (χ2n) is 3.65. The first-order valence-electron chi connectivity index (χ1n) is 5.14. The summed E-state index contributed by atoms with van der Waals surface area (Å²) in [5, 5.41) is 3.36. The van der Waals surface area contributed by atoms with Crippen LogP contribution in [0.3, 0.4) is 0 Å². The number of nitrogens with one attached hydrogen (secondary N) is 1. The Labute approximate surface area is 104 Å². The van der Waals surface area contributed by atoms with E-state index in [1.165, 1.54) is 0 Å².